The van der Waals surface area contributed by atoms with Crippen LogP contribution in [0.5, 0.6) is 0 Å². The number of nitrogens with one attached hydrogen (secondary N) is 2. The summed E-state index contributed by atoms with van der Waals surface area (Å²) in [6.07, 6.45) is 7.88. The Kier molecular flexibility index (Phi) is 5.01. The average Bonchev–Trinajstić information content (AvgIpc) is 3.18. The van der Waals surface area contributed by atoms with Crippen molar-refractivity contribution in [2.75, 3.05) is 18.0 Å². The van der Waals surface area contributed by atoms with Crippen LogP contribution in [0.25, 0.3) is 10.8 Å². The zero-order valence-corrected chi connectivity index (χ0v) is 19.7. The van der Waals surface area contributed by atoms with E-state index in [0.717, 1.165) is 65.6 Å². The minimum atomic E-state index is -0.128. The molecule has 2 saturated carbocycles. The van der Waals surface area contributed by atoms with Crippen LogP contribution in [-0.2, 0) is 0 Å². The molecule has 2 aliphatic carbocycles. The molecular formula is C25H29N5O2S. The van der Waals surface area contributed by atoms with E-state index in [4.69, 9.17) is 0 Å². The number of H-pyrrole nitrogens is 1. The van der Waals surface area contributed by atoms with Crippen molar-refractivity contribution in [3.8, 4) is 0 Å². The number of aryl methyl sites for hydroxylation is 1. The number of anilines is 1. The van der Waals surface area contributed by atoms with Crippen LogP contribution >= 0.6 is 11.3 Å². The van der Waals surface area contributed by atoms with Gasteiger partial charge < -0.3 is 10.2 Å². The van der Waals surface area contributed by atoms with Gasteiger partial charge in [0.15, 0.2) is 5.13 Å². The zero-order chi connectivity index (χ0) is 22.6. The molecule has 3 fully saturated rings. The fraction of sp³-hybridized carbons (Fsp3) is 0.520. The highest BCUT2D eigenvalue weighted by molar-refractivity contribution is 7.17. The normalized spacial score (nSPS) is 26.8. The van der Waals surface area contributed by atoms with Crippen LogP contribution in [-0.4, -0.2) is 40.2 Å². The summed E-state index contributed by atoms with van der Waals surface area (Å²) in [5, 5.41) is 13.0. The molecule has 0 radical (unpaired) electrons. The predicted molar refractivity (Wildman–Crippen MR) is 130 cm³/mol. The molecular weight excluding hydrogens is 434 g/mol. The lowest BCUT2D eigenvalue weighted by molar-refractivity contribution is -0.0196. The van der Waals surface area contributed by atoms with Gasteiger partial charge in [0.2, 0.25) is 0 Å². The molecule has 3 aromatic rings. The number of hydrogen-bond donors (Lipinski definition) is 2. The predicted octanol–water partition coefficient (Wildman–Crippen LogP) is 4.13. The molecule has 2 aromatic heterocycles. The molecule has 0 bridgehead atoms. The second kappa shape index (κ2) is 7.94. The number of carbonyl (C=O) groups excluding carboxylic acids is 1. The Morgan fingerprint density at radius 3 is 2.61 bits per heavy atom. The first kappa shape index (κ1) is 20.8. The highest BCUT2D eigenvalue weighted by Gasteiger charge is 2.54. The van der Waals surface area contributed by atoms with E-state index in [1.165, 1.54) is 30.6 Å². The molecule has 1 saturated heterocycles. The van der Waals surface area contributed by atoms with Gasteiger partial charge in [-0.3, -0.25) is 9.59 Å². The molecule has 3 heterocycles. The van der Waals surface area contributed by atoms with Crippen molar-refractivity contribution in [3.05, 3.63) is 50.9 Å². The van der Waals surface area contributed by atoms with Crippen molar-refractivity contribution in [1.82, 2.24) is 20.5 Å². The van der Waals surface area contributed by atoms with Gasteiger partial charge in [0.05, 0.1) is 16.8 Å². The number of aromatic amines is 1. The molecule has 1 aliphatic heterocycles. The number of rotatable bonds is 4. The summed E-state index contributed by atoms with van der Waals surface area (Å²) in [6, 6.07) is 7.95. The minimum absolute atomic E-state index is 0.0253. The van der Waals surface area contributed by atoms with Gasteiger partial charge in [-0.25, -0.2) is 10.1 Å². The van der Waals surface area contributed by atoms with Crippen molar-refractivity contribution in [3.63, 3.8) is 0 Å². The molecule has 1 aromatic carbocycles. The molecule has 6 rings (SSSR count). The van der Waals surface area contributed by atoms with E-state index in [9.17, 15) is 9.59 Å². The van der Waals surface area contributed by atoms with Crippen LogP contribution in [0.1, 0.15) is 71.9 Å². The van der Waals surface area contributed by atoms with Gasteiger partial charge in [0.25, 0.3) is 11.5 Å². The lowest BCUT2D eigenvalue weighted by Crippen LogP contribution is -2.55. The van der Waals surface area contributed by atoms with Gasteiger partial charge in [-0.05, 0) is 63.4 Å². The summed E-state index contributed by atoms with van der Waals surface area (Å²) in [7, 11) is 0. The van der Waals surface area contributed by atoms with E-state index in [2.05, 4.69) is 25.4 Å². The quantitative estimate of drug-likeness (QED) is 0.607. The van der Waals surface area contributed by atoms with E-state index in [0.29, 0.717) is 16.7 Å². The third kappa shape index (κ3) is 3.64. The van der Waals surface area contributed by atoms with Gasteiger partial charge in [-0.2, -0.15) is 5.10 Å². The molecule has 7 nitrogen and oxygen atoms in total. The zero-order valence-electron chi connectivity index (χ0n) is 18.9. The molecule has 1 spiro atoms. The minimum Gasteiger partial charge on any atom is -0.349 e. The summed E-state index contributed by atoms with van der Waals surface area (Å²) in [6.45, 7) is 4.03. The molecule has 8 heteroatoms. The van der Waals surface area contributed by atoms with Crippen molar-refractivity contribution in [2.45, 2.75) is 63.8 Å². The fourth-order valence-corrected chi connectivity index (χ4v) is 7.13. The smallest absolute Gasteiger partial charge is 0.272 e. The number of hydrogen-bond acceptors (Lipinski definition) is 6. The highest BCUT2D eigenvalue weighted by Crippen LogP contribution is 2.62. The van der Waals surface area contributed by atoms with Gasteiger partial charge in [0, 0.05) is 30.4 Å². The fourth-order valence-electron chi connectivity index (χ4n) is 6.11. The number of aromatic nitrogens is 3. The molecule has 0 unspecified atom stereocenters. The maximum atomic E-state index is 12.9. The first-order valence-electron chi connectivity index (χ1n) is 12.0. The van der Waals surface area contributed by atoms with Gasteiger partial charge in [0.1, 0.15) is 4.88 Å². The third-order valence-corrected chi connectivity index (χ3v) is 9.00. The Balaban J connectivity index is 1.07. The molecule has 2 N–H and O–H groups in total. The first-order chi connectivity index (χ1) is 16.0. The molecule has 3 aliphatic rings. The Bertz CT molecular complexity index is 1260. The topological polar surface area (TPSA) is 91.0 Å². The summed E-state index contributed by atoms with van der Waals surface area (Å²) >= 11 is 1.54. The van der Waals surface area contributed by atoms with Crippen LogP contribution in [0, 0.1) is 12.3 Å². The number of nitrogens with zero attached hydrogens (tertiary/aromatic N) is 3. The first-order valence-corrected chi connectivity index (χ1v) is 12.8. The van der Waals surface area contributed by atoms with Crippen molar-refractivity contribution in [2.24, 2.45) is 5.41 Å². The molecule has 1 amide bonds. The summed E-state index contributed by atoms with van der Waals surface area (Å²) < 4.78 is 0. The van der Waals surface area contributed by atoms with Gasteiger partial charge in [-0.1, -0.05) is 29.5 Å². The largest absolute Gasteiger partial charge is 0.349 e. The van der Waals surface area contributed by atoms with Crippen molar-refractivity contribution >= 4 is 33.1 Å². The number of fused-ring (bicyclic) bond motifs is 1. The number of amides is 1. The monoisotopic (exact) mass is 463 g/mol. The van der Waals surface area contributed by atoms with Crippen LogP contribution in [0.15, 0.2) is 29.1 Å². The molecule has 33 heavy (non-hydrogen) atoms. The van der Waals surface area contributed by atoms with Gasteiger partial charge >= 0.3 is 0 Å². The summed E-state index contributed by atoms with van der Waals surface area (Å²) in [5.41, 5.74) is 2.03. The third-order valence-electron chi connectivity index (χ3n) is 7.78. The molecule has 172 valence electrons. The van der Waals surface area contributed by atoms with E-state index < -0.39 is 0 Å². The highest BCUT2D eigenvalue weighted by atomic mass is 32.1. The average molecular weight is 464 g/mol. The van der Waals surface area contributed by atoms with E-state index in [1.54, 1.807) is 0 Å². The van der Waals surface area contributed by atoms with Crippen LogP contribution in [0.4, 0.5) is 5.13 Å². The maximum absolute atomic E-state index is 12.9. The second-order valence-electron chi connectivity index (χ2n) is 10.1. The van der Waals surface area contributed by atoms with Crippen molar-refractivity contribution < 1.29 is 4.79 Å². The Morgan fingerprint density at radius 2 is 1.85 bits per heavy atom. The number of carbonyl (C=O) groups is 1. The SMILES string of the molecule is Cc1nc(N2CCCCC2)sc1C(=O)N[C@H]1CC2(C1)C[C@H](c1n[nH]c(=O)c3ccccc31)C2. The van der Waals surface area contributed by atoms with Crippen LogP contribution in [0.2, 0.25) is 0 Å². The van der Waals surface area contributed by atoms with Crippen LogP contribution in [0.3, 0.4) is 0 Å². The Morgan fingerprint density at radius 1 is 1.12 bits per heavy atom. The number of piperidine rings is 1. The standard InChI is InChI=1S/C25H29N5O2S/c1-15-21(33-24(26-15)30-9-5-2-6-10-30)23(32)27-17-13-25(14-17)11-16(12-25)20-18-7-3-4-8-19(18)22(31)29-28-20/h3-4,7-8,16-17H,2,5-6,9-14H2,1H3,(H,27,32)(H,29,31)/t16-,17-,25?. The Hall–Kier alpha value is -2.74. The lowest BCUT2D eigenvalue weighted by Gasteiger charge is -2.57. The van der Waals surface area contributed by atoms with Crippen LogP contribution < -0.4 is 15.8 Å². The number of thiazole rings is 1. The lowest BCUT2D eigenvalue weighted by atomic mass is 9.49. The van der Waals surface area contributed by atoms with E-state index in [-0.39, 0.29) is 17.5 Å². The number of benzene rings is 1. The summed E-state index contributed by atoms with van der Waals surface area (Å²) in [4.78, 5) is 32.8. The Labute approximate surface area is 196 Å². The maximum Gasteiger partial charge on any atom is 0.272 e. The van der Waals surface area contributed by atoms with Crippen molar-refractivity contribution in [1.29, 1.82) is 0 Å². The summed E-state index contributed by atoms with van der Waals surface area (Å²) in [5.74, 6) is 0.400. The molecule has 0 atom stereocenters. The van der Waals surface area contributed by atoms with E-state index in [1.807, 2.05) is 31.2 Å². The van der Waals surface area contributed by atoms with E-state index >= 15 is 0 Å². The second-order valence-corrected chi connectivity index (χ2v) is 11.1. The van der Waals surface area contributed by atoms with Gasteiger partial charge in [-0.15, -0.1) is 0 Å².